The molecule has 1 fully saturated rings. The summed E-state index contributed by atoms with van der Waals surface area (Å²) in [7, 11) is 1.15. The summed E-state index contributed by atoms with van der Waals surface area (Å²) in [6.45, 7) is 0. The first-order valence-electron chi connectivity index (χ1n) is 5.89. The largest absolute Gasteiger partial charge is 0.491 e. The van der Waals surface area contributed by atoms with Gasteiger partial charge >= 0.3 is 5.97 Å². The number of methoxy groups -OCH3 is 1. The van der Waals surface area contributed by atoms with E-state index in [-0.39, 0.29) is 10.0 Å². The average molecular weight is 335 g/mol. The van der Waals surface area contributed by atoms with Crippen molar-refractivity contribution in [2.24, 2.45) is 0 Å². The van der Waals surface area contributed by atoms with E-state index in [0.29, 0.717) is 25.7 Å². The van der Waals surface area contributed by atoms with Crippen LogP contribution < -0.4 is 4.74 Å². The van der Waals surface area contributed by atoms with E-state index in [9.17, 15) is 18.7 Å². The number of hydrogen-bond donors (Lipinski definition) is 1. The monoisotopic (exact) mass is 334 g/mol. The minimum absolute atomic E-state index is 0.00766. The van der Waals surface area contributed by atoms with Crippen LogP contribution in [-0.4, -0.2) is 18.2 Å². The van der Waals surface area contributed by atoms with Crippen molar-refractivity contribution in [2.45, 2.75) is 31.1 Å². The Morgan fingerprint density at radius 2 is 1.95 bits per heavy atom. The highest BCUT2D eigenvalue weighted by Gasteiger charge is 2.46. The van der Waals surface area contributed by atoms with E-state index in [1.165, 1.54) is 6.07 Å². The van der Waals surface area contributed by atoms with Gasteiger partial charge in [-0.2, -0.15) is 0 Å². The molecule has 0 amide bonds. The van der Waals surface area contributed by atoms with Crippen molar-refractivity contribution in [3.63, 3.8) is 0 Å². The molecule has 0 radical (unpaired) electrons. The maximum absolute atomic E-state index is 14.3. The van der Waals surface area contributed by atoms with Gasteiger partial charge in [-0.15, -0.1) is 0 Å². The van der Waals surface area contributed by atoms with Crippen LogP contribution in [0.15, 0.2) is 10.5 Å². The summed E-state index contributed by atoms with van der Waals surface area (Å²) in [5.41, 5.74) is -1.30. The summed E-state index contributed by atoms with van der Waals surface area (Å²) < 4.78 is 32.7. The number of carbonyl (C=O) groups is 1. The van der Waals surface area contributed by atoms with Crippen LogP contribution in [0.3, 0.4) is 0 Å². The molecule has 0 atom stereocenters. The average Bonchev–Trinajstić information content (AvgIpc) is 2.85. The molecular weight excluding hydrogens is 322 g/mol. The van der Waals surface area contributed by atoms with Gasteiger partial charge in [-0.1, -0.05) is 12.8 Å². The minimum atomic E-state index is -1.28. The van der Waals surface area contributed by atoms with E-state index in [2.05, 4.69) is 15.9 Å². The Hall–Kier alpha value is -1.17. The fourth-order valence-corrected chi connectivity index (χ4v) is 3.09. The number of ether oxygens (including phenoxy) is 1. The molecule has 0 bridgehead atoms. The molecule has 1 saturated carbocycles. The summed E-state index contributed by atoms with van der Waals surface area (Å²) in [4.78, 5) is 11.6. The van der Waals surface area contributed by atoms with E-state index in [0.717, 1.165) is 7.11 Å². The molecule has 6 heteroatoms. The molecule has 0 saturated heterocycles. The fraction of sp³-hybridized carbons (Fsp3) is 0.462. The van der Waals surface area contributed by atoms with Crippen LogP contribution in [0.2, 0.25) is 0 Å². The third-order valence-electron chi connectivity index (χ3n) is 3.70. The Kier molecular flexibility index (Phi) is 3.80. The van der Waals surface area contributed by atoms with Crippen molar-refractivity contribution < 1.29 is 23.4 Å². The van der Waals surface area contributed by atoms with E-state index < -0.39 is 28.8 Å². The number of aliphatic carboxylic acids is 1. The Morgan fingerprint density at radius 1 is 1.37 bits per heavy atom. The topological polar surface area (TPSA) is 46.5 Å². The highest BCUT2D eigenvalue weighted by Crippen LogP contribution is 2.45. The Bertz CT molecular complexity index is 525. The molecular formula is C13H13BrF2O3. The summed E-state index contributed by atoms with van der Waals surface area (Å²) in [5.74, 6) is -3.41. The van der Waals surface area contributed by atoms with Crippen molar-refractivity contribution in [3.05, 3.63) is 27.7 Å². The third kappa shape index (κ3) is 2.12. The second kappa shape index (κ2) is 5.07. The Labute approximate surface area is 117 Å². The maximum Gasteiger partial charge on any atom is 0.314 e. The second-order valence-corrected chi connectivity index (χ2v) is 5.52. The van der Waals surface area contributed by atoms with Gasteiger partial charge in [0, 0.05) is 5.56 Å². The van der Waals surface area contributed by atoms with Gasteiger partial charge in [-0.25, -0.2) is 8.78 Å². The van der Waals surface area contributed by atoms with Crippen molar-refractivity contribution in [1.29, 1.82) is 0 Å². The first-order valence-corrected chi connectivity index (χ1v) is 6.68. The van der Waals surface area contributed by atoms with Gasteiger partial charge in [0.05, 0.1) is 17.0 Å². The number of hydrogen-bond acceptors (Lipinski definition) is 2. The standard InChI is InChI=1S/C13H13BrF2O3/c1-19-11-9(15)7(6-8(14)10(11)16)13(12(17)18)4-2-3-5-13/h6H,2-5H2,1H3,(H,17,18). The lowest BCUT2D eigenvalue weighted by atomic mass is 9.78. The molecule has 1 N–H and O–H groups in total. The minimum Gasteiger partial charge on any atom is -0.491 e. The van der Waals surface area contributed by atoms with E-state index in [4.69, 9.17) is 4.74 Å². The molecule has 0 heterocycles. The maximum atomic E-state index is 14.3. The van der Waals surface area contributed by atoms with Gasteiger partial charge in [-0.3, -0.25) is 4.79 Å². The number of benzene rings is 1. The first-order chi connectivity index (χ1) is 8.94. The molecule has 104 valence electrons. The molecule has 0 aromatic heterocycles. The lowest BCUT2D eigenvalue weighted by Crippen LogP contribution is -2.34. The lowest BCUT2D eigenvalue weighted by molar-refractivity contribution is -0.143. The van der Waals surface area contributed by atoms with Crippen LogP contribution >= 0.6 is 15.9 Å². The van der Waals surface area contributed by atoms with Gasteiger partial charge < -0.3 is 9.84 Å². The van der Waals surface area contributed by atoms with Crippen LogP contribution in [0.1, 0.15) is 31.2 Å². The highest BCUT2D eigenvalue weighted by molar-refractivity contribution is 9.10. The van der Waals surface area contributed by atoms with E-state index in [1.54, 1.807) is 0 Å². The van der Waals surface area contributed by atoms with E-state index >= 15 is 0 Å². The van der Waals surface area contributed by atoms with Crippen LogP contribution in [0.5, 0.6) is 5.75 Å². The zero-order valence-electron chi connectivity index (χ0n) is 10.3. The molecule has 0 aliphatic heterocycles. The van der Waals surface area contributed by atoms with Gasteiger partial charge in [0.1, 0.15) is 0 Å². The molecule has 1 aliphatic rings. The lowest BCUT2D eigenvalue weighted by Gasteiger charge is -2.26. The van der Waals surface area contributed by atoms with Crippen molar-refractivity contribution in [2.75, 3.05) is 7.11 Å². The molecule has 0 spiro atoms. The van der Waals surface area contributed by atoms with Gasteiger partial charge in [-0.05, 0) is 34.8 Å². The zero-order valence-corrected chi connectivity index (χ0v) is 11.9. The molecule has 19 heavy (non-hydrogen) atoms. The molecule has 1 aromatic rings. The molecule has 3 nitrogen and oxygen atoms in total. The predicted molar refractivity (Wildman–Crippen MR) is 68.4 cm³/mol. The summed E-state index contributed by atoms with van der Waals surface area (Å²) in [6, 6.07) is 1.21. The van der Waals surface area contributed by atoms with Crippen molar-refractivity contribution in [3.8, 4) is 5.75 Å². The Balaban J connectivity index is 2.68. The number of rotatable bonds is 3. The summed E-state index contributed by atoms with van der Waals surface area (Å²) in [6.07, 6.45) is 2.12. The number of carboxylic acids is 1. The quantitative estimate of drug-likeness (QED) is 0.858. The SMILES string of the molecule is COc1c(F)c(Br)cc(C2(C(=O)O)CCCC2)c1F. The molecule has 0 unspecified atom stereocenters. The van der Waals surface area contributed by atoms with Crippen LogP contribution in [0.25, 0.3) is 0 Å². The summed E-state index contributed by atoms with van der Waals surface area (Å²) in [5, 5.41) is 9.45. The number of carboxylic acid groups (broad SMARTS) is 1. The van der Waals surface area contributed by atoms with Gasteiger partial charge in [0.2, 0.25) is 0 Å². The summed E-state index contributed by atoms with van der Waals surface area (Å²) >= 11 is 2.98. The van der Waals surface area contributed by atoms with Gasteiger partial charge in [0.15, 0.2) is 17.4 Å². The van der Waals surface area contributed by atoms with Crippen molar-refractivity contribution >= 4 is 21.9 Å². The van der Waals surface area contributed by atoms with Crippen LogP contribution in [-0.2, 0) is 10.2 Å². The second-order valence-electron chi connectivity index (χ2n) is 4.66. The van der Waals surface area contributed by atoms with Gasteiger partial charge in [0.25, 0.3) is 0 Å². The van der Waals surface area contributed by atoms with Crippen molar-refractivity contribution in [1.82, 2.24) is 0 Å². The van der Waals surface area contributed by atoms with E-state index in [1.807, 2.05) is 0 Å². The predicted octanol–water partition coefficient (Wildman–Crippen LogP) is 3.63. The first kappa shape index (κ1) is 14.2. The number of halogens is 3. The Morgan fingerprint density at radius 3 is 2.42 bits per heavy atom. The molecule has 1 aromatic carbocycles. The molecule has 1 aliphatic carbocycles. The van der Waals surface area contributed by atoms with Crippen LogP contribution in [0, 0.1) is 11.6 Å². The third-order valence-corrected chi connectivity index (χ3v) is 4.28. The molecule has 2 rings (SSSR count). The smallest absolute Gasteiger partial charge is 0.314 e. The normalized spacial score (nSPS) is 17.5. The zero-order chi connectivity index (χ0) is 14.2. The van der Waals surface area contributed by atoms with Crippen LogP contribution in [0.4, 0.5) is 8.78 Å². The highest BCUT2D eigenvalue weighted by atomic mass is 79.9. The fourth-order valence-electron chi connectivity index (χ4n) is 2.68.